The van der Waals surface area contributed by atoms with E-state index >= 15 is 0 Å². The molecule has 0 bridgehead atoms. The van der Waals surface area contributed by atoms with Gasteiger partial charge in [-0.3, -0.25) is 4.79 Å². The molecule has 6 nitrogen and oxygen atoms in total. The van der Waals surface area contributed by atoms with Gasteiger partial charge in [0, 0.05) is 23.4 Å². The number of pyridine rings is 1. The number of rotatable bonds is 7. The first-order valence-corrected chi connectivity index (χ1v) is 10.9. The Hall–Kier alpha value is -3.67. The number of benzene rings is 2. The normalized spacial score (nSPS) is 11.0. The number of methoxy groups -OCH3 is 1. The summed E-state index contributed by atoms with van der Waals surface area (Å²) in [5.41, 5.74) is 6.54. The van der Waals surface area contributed by atoms with E-state index in [1.807, 2.05) is 54.1 Å². The minimum absolute atomic E-state index is 0.0508. The minimum Gasteiger partial charge on any atom is -0.496 e. The highest BCUT2D eigenvalue weighted by atomic mass is 16.5. The average molecular weight is 429 g/mol. The number of aromatic nitrogens is 3. The van der Waals surface area contributed by atoms with Crippen LogP contribution >= 0.6 is 0 Å². The molecule has 1 amide bonds. The predicted octanol–water partition coefficient (Wildman–Crippen LogP) is 5.31. The van der Waals surface area contributed by atoms with Crippen LogP contribution in [0, 0.1) is 13.8 Å². The van der Waals surface area contributed by atoms with Gasteiger partial charge in [0.05, 0.1) is 19.0 Å². The lowest BCUT2D eigenvalue weighted by molar-refractivity contribution is -0.116. The molecular formula is C26H28N4O2. The maximum absolute atomic E-state index is 12.6. The van der Waals surface area contributed by atoms with Crippen LogP contribution in [0.4, 0.5) is 5.69 Å². The Morgan fingerprint density at radius 2 is 1.91 bits per heavy atom. The van der Waals surface area contributed by atoms with Gasteiger partial charge in [0.2, 0.25) is 5.91 Å². The first-order valence-electron chi connectivity index (χ1n) is 10.9. The Labute approximate surface area is 188 Å². The van der Waals surface area contributed by atoms with Gasteiger partial charge in [-0.15, -0.1) is 0 Å². The second-order valence-corrected chi connectivity index (χ2v) is 7.90. The van der Waals surface area contributed by atoms with Gasteiger partial charge in [-0.1, -0.05) is 31.2 Å². The highest BCUT2D eigenvalue weighted by Crippen LogP contribution is 2.35. The van der Waals surface area contributed by atoms with Crippen LogP contribution in [0.15, 0.2) is 54.6 Å². The van der Waals surface area contributed by atoms with Gasteiger partial charge in [0.25, 0.3) is 0 Å². The Kier molecular flexibility index (Phi) is 6.21. The van der Waals surface area contributed by atoms with Crippen LogP contribution in [-0.2, 0) is 17.8 Å². The standard InChI is InChI=1S/C26H28N4O2/c1-5-19-9-8-10-20(16-19)28-23(31)13-14-30-26-24(17(2)15-18(3)27-26)25(29-30)21-11-6-7-12-22(21)32-4/h6-12,15-16H,5,13-14H2,1-4H3,(H,28,31). The Morgan fingerprint density at radius 1 is 1.09 bits per heavy atom. The molecule has 0 saturated carbocycles. The number of ether oxygens (including phenoxy) is 1. The molecule has 0 radical (unpaired) electrons. The smallest absolute Gasteiger partial charge is 0.226 e. The largest absolute Gasteiger partial charge is 0.496 e. The van der Waals surface area contributed by atoms with E-state index in [9.17, 15) is 4.79 Å². The van der Waals surface area contributed by atoms with Gasteiger partial charge in [-0.05, 0) is 61.7 Å². The third kappa shape index (κ3) is 4.35. The quantitative estimate of drug-likeness (QED) is 0.433. The zero-order valence-corrected chi connectivity index (χ0v) is 19.0. The van der Waals surface area contributed by atoms with Gasteiger partial charge in [-0.2, -0.15) is 5.10 Å². The fourth-order valence-electron chi connectivity index (χ4n) is 4.00. The topological polar surface area (TPSA) is 69.0 Å². The fraction of sp³-hybridized carbons (Fsp3) is 0.269. The number of fused-ring (bicyclic) bond motifs is 1. The molecule has 4 aromatic rings. The number of hydrogen-bond acceptors (Lipinski definition) is 4. The number of amides is 1. The molecule has 2 aromatic carbocycles. The summed E-state index contributed by atoms with van der Waals surface area (Å²) in [6.45, 7) is 6.57. The summed E-state index contributed by atoms with van der Waals surface area (Å²) < 4.78 is 7.40. The molecule has 0 atom stereocenters. The Balaban J connectivity index is 1.65. The van der Waals surface area contributed by atoms with Gasteiger partial charge in [-0.25, -0.2) is 9.67 Å². The number of hydrogen-bond donors (Lipinski definition) is 1. The summed E-state index contributed by atoms with van der Waals surface area (Å²) in [5, 5.41) is 8.85. The molecule has 0 spiro atoms. The van der Waals surface area contributed by atoms with Crippen LogP contribution in [0.1, 0.15) is 30.2 Å². The number of carbonyl (C=O) groups excluding carboxylic acids is 1. The number of nitrogens with one attached hydrogen (secondary N) is 1. The van der Waals surface area contributed by atoms with E-state index in [0.717, 1.165) is 51.4 Å². The van der Waals surface area contributed by atoms with E-state index in [-0.39, 0.29) is 5.91 Å². The van der Waals surface area contributed by atoms with Crippen molar-refractivity contribution in [2.75, 3.05) is 12.4 Å². The first kappa shape index (κ1) is 21.6. The monoisotopic (exact) mass is 428 g/mol. The molecule has 0 aliphatic carbocycles. The third-order valence-corrected chi connectivity index (χ3v) is 5.56. The molecule has 32 heavy (non-hydrogen) atoms. The number of nitrogens with zero attached hydrogens (tertiary/aromatic N) is 3. The lowest BCUT2D eigenvalue weighted by Gasteiger charge is -2.07. The molecule has 2 heterocycles. The van der Waals surface area contributed by atoms with Crippen molar-refractivity contribution in [1.29, 1.82) is 0 Å². The maximum Gasteiger partial charge on any atom is 0.226 e. The molecule has 6 heteroatoms. The molecule has 0 fully saturated rings. The molecule has 0 saturated heterocycles. The predicted molar refractivity (Wildman–Crippen MR) is 128 cm³/mol. The van der Waals surface area contributed by atoms with Gasteiger partial charge in [0.1, 0.15) is 11.4 Å². The van der Waals surface area contributed by atoms with Crippen LogP contribution in [0.25, 0.3) is 22.3 Å². The van der Waals surface area contributed by atoms with Crippen LogP contribution in [0.3, 0.4) is 0 Å². The summed E-state index contributed by atoms with van der Waals surface area (Å²) >= 11 is 0. The molecule has 0 aliphatic heterocycles. The van der Waals surface area contributed by atoms with Crippen molar-refractivity contribution in [2.45, 2.75) is 40.2 Å². The van der Waals surface area contributed by atoms with Crippen molar-refractivity contribution in [3.63, 3.8) is 0 Å². The molecule has 0 aliphatic rings. The second kappa shape index (κ2) is 9.22. The number of aryl methyl sites for hydroxylation is 4. The minimum atomic E-state index is -0.0508. The van der Waals surface area contributed by atoms with Crippen LogP contribution in [0.5, 0.6) is 5.75 Å². The summed E-state index contributed by atoms with van der Waals surface area (Å²) in [4.78, 5) is 17.4. The third-order valence-electron chi connectivity index (χ3n) is 5.56. The molecule has 1 N–H and O–H groups in total. The SMILES string of the molecule is CCc1cccc(NC(=O)CCn2nc(-c3ccccc3OC)c3c(C)cc(C)nc32)c1. The lowest BCUT2D eigenvalue weighted by Crippen LogP contribution is -2.15. The van der Waals surface area contributed by atoms with Crippen LogP contribution in [0.2, 0.25) is 0 Å². The molecular weight excluding hydrogens is 400 g/mol. The van der Waals surface area contributed by atoms with Crippen molar-refractivity contribution >= 4 is 22.6 Å². The van der Waals surface area contributed by atoms with Crippen molar-refractivity contribution in [3.8, 4) is 17.0 Å². The molecule has 0 unspecified atom stereocenters. The summed E-state index contributed by atoms with van der Waals surface area (Å²) in [6.07, 6.45) is 1.23. The van der Waals surface area contributed by atoms with E-state index in [2.05, 4.69) is 31.3 Å². The lowest BCUT2D eigenvalue weighted by atomic mass is 10.0. The number of para-hydroxylation sites is 1. The average Bonchev–Trinajstić information content (AvgIpc) is 3.16. The maximum atomic E-state index is 12.6. The van der Waals surface area contributed by atoms with E-state index in [0.29, 0.717) is 13.0 Å². The van der Waals surface area contributed by atoms with E-state index in [1.54, 1.807) is 7.11 Å². The van der Waals surface area contributed by atoms with E-state index in [4.69, 9.17) is 14.8 Å². The van der Waals surface area contributed by atoms with Crippen molar-refractivity contribution in [2.24, 2.45) is 0 Å². The second-order valence-electron chi connectivity index (χ2n) is 7.90. The van der Waals surface area contributed by atoms with Gasteiger partial charge >= 0.3 is 0 Å². The van der Waals surface area contributed by atoms with Gasteiger partial charge < -0.3 is 10.1 Å². The zero-order valence-electron chi connectivity index (χ0n) is 19.0. The van der Waals surface area contributed by atoms with Crippen LogP contribution in [-0.4, -0.2) is 27.8 Å². The zero-order chi connectivity index (χ0) is 22.7. The summed E-state index contributed by atoms with van der Waals surface area (Å²) in [6, 6.07) is 17.8. The van der Waals surface area contributed by atoms with Crippen molar-refractivity contribution < 1.29 is 9.53 Å². The summed E-state index contributed by atoms with van der Waals surface area (Å²) in [7, 11) is 1.66. The number of anilines is 1. The van der Waals surface area contributed by atoms with E-state index < -0.39 is 0 Å². The first-order chi connectivity index (χ1) is 15.5. The highest BCUT2D eigenvalue weighted by molar-refractivity contribution is 5.95. The van der Waals surface area contributed by atoms with E-state index in [1.165, 1.54) is 5.56 Å². The van der Waals surface area contributed by atoms with Crippen molar-refractivity contribution in [3.05, 3.63) is 71.4 Å². The Bertz CT molecular complexity index is 1280. The number of carbonyl (C=O) groups is 1. The van der Waals surface area contributed by atoms with Gasteiger partial charge in [0.15, 0.2) is 5.65 Å². The molecule has 164 valence electrons. The molecule has 2 aromatic heterocycles. The molecule has 4 rings (SSSR count). The fourth-order valence-corrected chi connectivity index (χ4v) is 4.00. The van der Waals surface area contributed by atoms with Crippen LogP contribution < -0.4 is 10.1 Å². The summed E-state index contributed by atoms with van der Waals surface area (Å²) in [5.74, 6) is 0.706. The Morgan fingerprint density at radius 3 is 2.69 bits per heavy atom. The van der Waals surface area contributed by atoms with Crippen molar-refractivity contribution in [1.82, 2.24) is 14.8 Å². The highest BCUT2D eigenvalue weighted by Gasteiger charge is 2.19.